The van der Waals surface area contributed by atoms with Crippen LogP contribution >= 0.6 is 11.6 Å². The molecule has 0 spiro atoms. The number of ether oxygens (including phenoxy) is 1. The maximum absolute atomic E-state index is 8.47. The lowest BCUT2D eigenvalue weighted by atomic mass is 10.2. The zero-order valence-corrected chi connectivity index (χ0v) is 9.33. The van der Waals surface area contributed by atoms with Gasteiger partial charge < -0.3 is 15.2 Å². The Hall–Kier alpha value is -0.610. The van der Waals surface area contributed by atoms with Crippen molar-refractivity contribution in [3.63, 3.8) is 0 Å². The number of halogens is 1. The Morgan fingerprint density at radius 2 is 1.93 bits per heavy atom. The zero-order chi connectivity index (χ0) is 10.9. The average Bonchev–Trinajstić information content (AvgIpc) is 2.26. The first kappa shape index (κ1) is 12.5. The van der Waals surface area contributed by atoms with E-state index in [0.29, 0.717) is 13.2 Å². The van der Waals surface area contributed by atoms with E-state index < -0.39 is 0 Å². The quantitative estimate of drug-likeness (QED) is 0.696. The summed E-state index contributed by atoms with van der Waals surface area (Å²) >= 11 is 5.77. The second kappa shape index (κ2) is 7.65. The van der Waals surface area contributed by atoms with Gasteiger partial charge in [-0.3, -0.25) is 0 Å². The summed E-state index contributed by atoms with van der Waals surface area (Å²) < 4.78 is 5.11. The molecule has 0 heterocycles. The Kier molecular flexibility index (Phi) is 6.36. The zero-order valence-electron chi connectivity index (χ0n) is 8.58. The molecule has 3 nitrogen and oxygen atoms in total. The standard InChI is InChI=1S/C11H16ClNO2/c12-11-3-1-10(2-4-11)9-13-5-7-15-8-6-14/h1-4,13-14H,5-9H2. The first-order chi connectivity index (χ1) is 7.33. The number of benzene rings is 1. The van der Waals surface area contributed by atoms with Crippen LogP contribution in [0.5, 0.6) is 0 Å². The predicted molar refractivity (Wildman–Crippen MR) is 61.1 cm³/mol. The SMILES string of the molecule is OCCOCCNCc1ccc(Cl)cc1. The Morgan fingerprint density at radius 3 is 2.60 bits per heavy atom. The maximum atomic E-state index is 8.47. The van der Waals surface area contributed by atoms with Crippen LogP contribution in [0.3, 0.4) is 0 Å². The number of hydrogen-bond acceptors (Lipinski definition) is 3. The van der Waals surface area contributed by atoms with Crippen molar-refractivity contribution in [3.05, 3.63) is 34.9 Å². The van der Waals surface area contributed by atoms with Crippen LogP contribution < -0.4 is 5.32 Å². The highest BCUT2D eigenvalue weighted by molar-refractivity contribution is 6.30. The van der Waals surface area contributed by atoms with E-state index in [0.717, 1.165) is 18.1 Å². The molecule has 0 aliphatic heterocycles. The fourth-order valence-corrected chi connectivity index (χ4v) is 1.27. The fraction of sp³-hybridized carbons (Fsp3) is 0.455. The van der Waals surface area contributed by atoms with Crippen molar-refractivity contribution in [2.75, 3.05) is 26.4 Å². The van der Waals surface area contributed by atoms with E-state index in [1.165, 1.54) is 5.56 Å². The van der Waals surface area contributed by atoms with E-state index in [2.05, 4.69) is 5.32 Å². The summed E-state index contributed by atoms with van der Waals surface area (Å²) in [5, 5.41) is 12.5. The van der Waals surface area contributed by atoms with Crippen molar-refractivity contribution < 1.29 is 9.84 Å². The molecule has 4 heteroatoms. The highest BCUT2D eigenvalue weighted by Gasteiger charge is 1.92. The molecular formula is C11H16ClNO2. The molecule has 0 aromatic heterocycles. The Labute approximate surface area is 95.0 Å². The van der Waals surface area contributed by atoms with Gasteiger partial charge in [0.05, 0.1) is 19.8 Å². The highest BCUT2D eigenvalue weighted by atomic mass is 35.5. The van der Waals surface area contributed by atoms with Gasteiger partial charge in [-0.05, 0) is 17.7 Å². The number of rotatable bonds is 7. The molecule has 1 aromatic carbocycles. The van der Waals surface area contributed by atoms with Gasteiger partial charge in [0.25, 0.3) is 0 Å². The minimum Gasteiger partial charge on any atom is -0.394 e. The first-order valence-corrected chi connectivity index (χ1v) is 5.34. The predicted octanol–water partition coefficient (Wildman–Crippen LogP) is 1.44. The van der Waals surface area contributed by atoms with Crippen LogP contribution in [0.15, 0.2) is 24.3 Å². The van der Waals surface area contributed by atoms with E-state index in [1.807, 2.05) is 24.3 Å². The van der Waals surface area contributed by atoms with Crippen molar-refractivity contribution in [1.29, 1.82) is 0 Å². The Morgan fingerprint density at radius 1 is 1.20 bits per heavy atom. The summed E-state index contributed by atoms with van der Waals surface area (Å²) in [5.74, 6) is 0. The molecule has 0 amide bonds. The molecule has 0 atom stereocenters. The van der Waals surface area contributed by atoms with Crippen LogP contribution in [0.1, 0.15) is 5.56 Å². The van der Waals surface area contributed by atoms with Gasteiger partial charge in [-0.25, -0.2) is 0 Å². The van der Waals surface area contributed by atoms with Crippen molar-refractivity contribution in [2.24, 2.45) is 0 Å². The van der Waals surface area contributed by atoms with E-state index >= 15 is 0 Å². The van der Waals surface area contributed by atoms with E-state index in [9.17, 15) is 0 Å². The summed E-state index contributed by atoms with van der Waals surface area (Å²) in [6, 6.07) is 7.73. The van der Waals surface area contributed by atoms with Gasteiger partial charge in [-0.15, -0.1) is 0 Å². The summed E-state index contributed by atoms with van der Waals surface area (Å²) in [6.45, 7) is 2.69. The molecule has 0 aliphatic rings. The van der Waals surface area contributed by atoms with Crippen molar-refractivity contribution >= 4 is 11.6 Å². The fourth-order valence-electron chi connectivity index (χ4n) is 1.15. The second-order valence-corrected chi connectivity index (χ2v) is 3.58. The van der Waals surface area contributed by atoms with Gasteiger partial charge in [-0.1, -0.05) is 23.7 Å². The van der Waals surface area contributed by atoms with Crippen LogP contribution in [0, 0.1) is 0 Å². The van der Waals surface area contributed by atoms with E-state index in [4.69, 9.17) is 21.4 Å². The smallest absolute Gasteiger partial charge is 0.0698 e. The van der Waals surface area contributed by atoms with Gasteiger partial charge in [-0.2, -0.15) is 0 Å². The summed E-state index contributed by atoms with van der Waals surface area (Å²) in [4.78, 5) is 0. The molecule has 1 rings (SSSR count). The van der Waals surface area contributed by atoms with Crippen molar-refractivity contribution in [3.8, 4) is 0 Å². The lowest BCUT2D eigenvalue weighted by molar-refractivity contribution is 0.0938. The highest BCUT2D eigenvalue weighted by Crippen LogP contribution is 2.08. The van der Waals surface area contributed by atoms with Crippen LogP contribution in [0.4, 0.5) is 0 Å². The lowest BCUT2D eigenvalue weighted by Crippen LogP contribution is -2.19. The topological polar surface area (TPSA) is 41.5 Å². The normalized spacial score (nSPS) is 10.5. The molecule has 0 fully saturated rings. The molecule has 2 N–H and O–H groups in total. The molecular weight excluding hydrogens is 214 g/mol. The minimum atomic E-state index is 0.0805. The third kappa shape index (κ3) is 5.74. The number of hydrogen-bond donors (Lipinski definition) is 2. The first-order valence-electron chi connectivity index (χ1n) is 4.96. The van der Waals surface area contributed by atoms with E-state index in [-0.39, 0.29) is 6.61 Å². The van der Waals surface area contributed by atoms with Gasteiger partial charge in [0.1, 0.15) is 0 Å². The Bertz CT molecular complexity index is 264. The summed E-state index contributed by atoms with van der Waals surface area (Å²) in [7, 11) is 0. The molecule has 0 bridgehead atoms. The van der Waals surface area contributed by atoms with Crippen molar-refractivity contribution in [1.82, 2.24) is 5.32 Å². The van der Waals surface area contributed by atoms with Gasteiger partial charge in [0.15, 0.2) is 0 Å². The number of aliphatic hydroxyl groups is 1. The summed E-state index contributed by atoms with van der Waals surface area (Å²) in [5.41, 5.74) is 1.20. The van der Waals surface area contributed by atoms with Crippen LogP contribution in [0.2, 0.25) is 5.02 Å². The molecule has 15 heavy (non-hydrogen) atoms. The Balaban J connectivity index is 2.07. The van der Waals surface area contributed by atoms with Crippen LogP contribution in [0.25, 0.3) is 0 Å². The largest absolute Gasteiger partial charge is 0.394 e. The molecule has 0 unspecified atom stereocenters. The lowest BCUT2D eigenvalue weighted by Gasteiger charge is -2.05. The van der Waals surface area contributed by atoms with Crippen LogP contribution in [-0.2, 0) is 11.3 Å². The van der Waals surface area contributed by atoms with E-state index in [1.54, 1.807) is 0 Å². The third-order valence-corrected chi connectivity index (χ3v) is 2.15. The van der Waals surface area contributed by atoms with Gasteiger partial charge in [0, 0.05) is 18.1 Å². The molecule has 1 aromatic rings. The number of aliphatic hydroxyl groups excluding tert-OH is 1. The second-order valence-electron chi connectivity index (χ2n) is 3.14. The van der Waals surface area contributed by atoms with Gasteiger partial charge >= 0.3 is 0 Å². The minimum absolute atomic E-state index is 0.0805. The average molecular weight is 230 g/mol. The summed E-state index contributed by atoms with van der Waals surface area (Å²) in [6.07, 6.45) is 0. The molecule has 0 saturated heterocycles. The number of nitrogens with one attached hydrogen (secondary N) is 1. The molecule has 84 valence electrons. The molecule has 0 aliphatic carbocycles. The molecule has 0 radical (unpaired) electrons. The monoisotopic (exact) mass is 229 g/mol. The van der Waals surface area contributed by atoms with Crippen LogP contribution in [-0.4, -0.2) is 31.5 Å². The molecule has 0 saturated carbocycles. The van der Waals surface area contributed by atoms with Gasteiger partial charge in [0.2, 0.25) is 0 Å². The third-order valence-electron chi connectivity index (χ3n) is 1.90. The van der Waals surface area contributed by atoms with Crippen molar-refractivity contribution in [2.45, 2.75) is 6.54 Å². The maximum Gasteiger partial charge on any atom is 0.0698 e.